The van der Waals surface area contributed by atoms with Crippen molar-refractivity contribution in [3.05, 3.63) is 58.9 Å². The molecule has 1 aliphatic rings. The van der Waals surface area contributed by atoms with Crippen LogP contribution in [0.15, 0.2) is 46.2 Å². The number of thioether (sulfide) groups is 1. The van der Waals surface area contributed by atoms with Crippen molar-refractivity contribution in [3.8, 4) is 0 Å². The number of halogens is 1. The van der Waals surface area contributed by atoms with Crippen LogP contribution in [0.1, 0.15) is 16.7 Å². The summed E-state index contributed by atoms with van der Waals surface area (Å²) in [5, 5.41) is 0. The summed E-state index contributed by atoms with van der Waals surface area (Å²) < 4.78 is 42.6. The Balaban J connectivity index is 2.14. The zero-order chi connectivity index (χ0) is 19.1. The quantitative estimate of drug-likeness (QED) is 0.586. The lowest BCUT2D eigenvalue weighted by atomic mass is 9.95. The SMILES string of the molecule is CSc1ccc(C2=C(c3ccc(S(C)(=O)=O)c(F)c3)COC2=O)cc1C. The number of cyclic esters (lactones) is 1. The van der Waals surface area contributed by atoms with Gasteiger partial charge in [-0.1, -0.05) is 18.2 Å². The van der Waals surface area contributed by atoms with Crippen LogP contribution in [-0.4, -0.2) is 33.5 Å². The molecule has 2 aromatic carbocycles. The first kappa shape index (κ1) is 18.7. The average molecular weight is 392 g/mol. The molecule has 26 heavy (non-hydrogen) atoms. The molecule has 0 aliphatic carbocycles. The number of benzene rings is 2. The van der Waals surface area contributed by atoms with Crippen molar-refractivity contribution >= 4 is 38.7 Å². The summed E-state index contributed by atoms with van der Waals surface area (Å²) in [6.45, 7) is 1.98. The molecule has 0 radical (unpaired) electrons. The van der Waals surface area contributed by atoms with Crippen LogP contribution in [0.4, 0.5) is 4.39 Å². The Morgan fingerprint density at radius 3 is 2.38 bits per heavy atom. The first-order valence-corrected chi connectivity index (χ1v) is 10.9. The van der Waals surface area contributed by atoms with Crippen LogP contribution in [0.25, 0.3) is 11.1 Å². The van der Waals surface area contributed by atoms with Gasteiger partial charge in [-0.15, -0.1) is 11.8 Å². The summed E-state index contributed by atoms with van der Waals surface area (Å²) in [5.41, 5.74) is 3.09. The topological polar surface area (TPSA) is 60.4 Å². The van der Waals surface area contributed by atoms with Gasteiger partial charge in [-0.05, 0) is 48.1 Å². The molecule has 1 heterocycles. The highest BCUT2D eigenvalue weighted by Gasteiger charge is 2.28. The fourth-order valence-corrected chi connectivity index (χ4v) is 4.26. The highest BCUT2D eigenvalue weighted by Crippen LogP contribution is 2.35. The number of hydrogen-bond acceptors (Lipinski definition) is 5. The second-order valence-electron chi connectivity index (χ2n) is 6.03. The highest BCUT2D eigenvalue weighted by molar-refractivity contribution is 7.98. The minimum absolute atomic E-state index is 0.0230. The molecule has 4 nitrogen and oxygen atoms in total. The van der Waals surface area contributed by atoms with Crippen LogP contribution < -0.4 is 0 Å². The molecule has 2 aromatic rings. The van der Waals surface area contributed by atoms with E-state index in [4.69, 9.17) is 4.74 Å². The predicted molar refractivity (Wildman–Crippen MR) is 100 cm³/mol. The number of esters is 1. The lowest BCUT2D eigenvalue weighted by molar-refractivity contribution is -0.133. The number of carbonyl (C=O) groups is 1. The largest absolute Gasteiger partial charge is 0.457 e. The zero-order valence-corrected chi connectivity index (χ0v) is 16.1. The highest BCUT2D eigenvalue weighted by atomic mass is 32.2. The molecule has 0 fully saturated rings. The summed E-state index contributed by atoms with van der Waals surface area (Å²) in [6.07, 6.45) is 2.93. The number of sulfone groups is 1. The van der Waals surface area contributed by atoms with Gasteiger partial charge in [-0.2, -0.15) is 0 Å². The summed E-state index contributed by atoms with van der Waals surface area (Å²) in [5.74, 6) is -1.31. The summed E-state index contributed by atoms with van der Waals surface area (Å²) in [7, 11) is -3.66. The van der Waals surface area contributed by atoms with Gasteiger partial charge < -0.3 is 4.74 Å². The third-order valence-corrected chi connectivity index (χ3v) is 6.24. The maximum atomic E-state index is 14.3. The van der Waals surface area contributed by atoms with Gasteiger partial charge >= 0.3 is 5.97 Å². The fraction of sp³-hybridized carbons (Fsp3) is 0.211. The van der Waals surface area contributed by atoms with E-state index in [0.29, 0.717) is 22.3 Å². The predicted octanol–water partition coefficient (Wildman–Crippen LogP) is 3.73. The van der Waals surface area contributed by atoms with Crippen LogP contribution >= 0.6 is 11.8 Å². The van der Waals surface area contributed by atoms with Gasteiger partial charge in [-0.3, -0.25) is 0 Å². The van der Waals surface area contributed by atoms with Gasteiger partial charge in [0.05, 0.1) is 5.57 Å². The Morgan fingerprint density at radius 2 is 1.81 bits per heavy atom. The third-order valence-electron chi connectivity index (χ3n) is 4.22. The van der Waals surface area contributed by atoms with Crippen molar-refractivity contribution in [2.45, 2.75) is 16.7 Å². The van der Waals surface area contributed by atoms with Crippen molar-refractivity contribution in [3.63, 3.8) is 0 Å². The van der Waals surface area contributed by atoms with Crippen molar-refractivity contribution in [1.29, 1.82) is 0 Å². The monoisotopic (exact) mass is 392 g/mol. The normalized spacial score (nSPS) is 14.7. The number of ether oxygens (including phenoxy) is 1. The Kier molecular flexibility index (Phi) is 4.94. The summed E-state index contributed by atoms with van der Waals surface area (Å²) in [6, 6.07) is 9.52. The van der Waals surface area contributed by atoms with E-state index in [2.05, 4.69) is 0 Å². The minimum atomic E-state index is -3.66. The van der Waals surface area contributed by atoms with Crippen molar-refractivity contribution in [2.75, 3.05) is 19.1 Å². The third kappa shape index (κ3) is 3.41. The Hall–Kier alpha value is -2.12. The van der Waals surface area contributed by atoms with Crippen molar-refractivity contribution in [2.24, 2.45) is 0 Å². The molecule has 7 heteroatoms. The Morgan fingerprint density at radius 1 is 1.12 bits per heavy atom. The van der Waals surface area contributed by atoms with E-state index in [-0.39, 0.29) is 11.5 Å². The van der Waals surface area contributed by atoms with E-state index in [1.165, 1.54) is 12.1 Å². The standard InChI is InChI=1S/C19H17FO4S2/c1-11-8-13(4-6-16(11)25-2)18-14(10-24-19(18)21)12-5-7-17(15(20)9-12)26(3,22)23/h4-9H,10H2,1-3H3. The number of carbonyl (C=O) groups excluding carboxylic acids is 1. The second-order valence-corrected chi connectivity index (χ2v) is 8.86. The molecule has 1 aliphatic heterocycles. The van der Waals surface area contributed by atoms with Gasteiger partial charge in [0.2, 0.25) is 0 Å². The van der Waals surface area contributed by atoms with Crippen LogP contribution in [0.3, 0.4) is 0 Å². The lowest BCUT2D eigenvalue weighted by Crippen LogP contribution is -2.02. The van der Waals surface area contributed by atoms with Gasteiger partial charge in [0.1, 0.15) is 17.3 Å². The maximum Gasteiger partial charge on any atom is 0.339 e. The number of hydrogen-bond donors (Lipinski definition) is 0. The number of rotatable bonds is 4. The Labute approximate surface area is 156 Å². The zero-order valence-electron chi connectivity index (χ0n) is 14.5. The van der Waals surface area contributed by atoms with Crippen LogP contribution in [0, 0.1) is 12.7 Å². The molecular weight excluding hydrogens is 375 g/mol. The van der Waals surface area contributed by atoms with E-state index in [0.717, 1.165) is 22.8 Å². The molecule has 0 saturated heterocycles. The average Bonchev–Trinajstić information content (AvgIpc) is 2.95. The first-order valence-electron chi connectivity index (χ1n) is 7.77. The van der Waals surface area contributed by atoms with Crippen LogP contribution in [0.5, 0.6) is 0 Å². The van der Waals surface area contributed by atoms with E-state index in [1.807, 2.05) is 31.4 Å². The molecular formula is C19H17FO4S2. The van der Waals surface area contributed by atoms with Gasteiger partial charge in [0, 0.05) is 16.7 Å². The number of aryl methyl sites for hydroxylation is 1. The van der Waals surface area contributed by atoms with Gasteiger partial charge in [0.25, 0.3) is 0 Å². The van der Waals surface area contributed by atoms with Crippen LogP contribution in [-0.2, 0) is 19.4 Å². The van der Waals surface area contributed by atoms with Crippen molar-refractivity contribution in [1.82, 2.24) is 0 Å². The molecule has 0 unspecified atom stereocenters. The van der Waals surface area contributed by atoms with E-state index >= 15 is 0 Å². The molecule has 0 amide bonds. The summed E-state index contributed by atoms with van der Waals surface area (Å²) in [4.78, 5) is 13.0. The van der Waals surface area contributed by atoms with E-state index in [9.17, 15) is 17.6 Å². The van der Waals surface area contributed by atoms with Crippen molar-refractivity contribution < 1.29 is 22.3 Å². The maximum absolute atomic E-state index is 14.3. The molecule has 0 aromatic heterocycles. The van der Waals surface area contributed by atoms with Crippen LogP contribution in [0.2, 0.25) is 0 Å². The molecule has 0 saturated carbocycles. The molecule has 0 bridgehead atoms. The molecule has 3 rings (SSSR count). The lowest BCUT2D eigenvalue weighted by Gasteiger charge is -2.09. The molecule has 136 valence electrons. The fourth-order valence-electron chi connectivity index (χ4n) is 2.95. The minimum Gasteiger partial charge on any atom is -0.457 e. The van der Waals surface area contributed by atoms with E-state index < -0.39 is 21.6 Å². The summed E-state index contributed by atoms with van der Waals surface area (Å²) >= 11 is 1.61. The van der Waals surface area contributed by atoms with Gasteiger partial charge in [0.15, 0.2) is 9.84 Å². The van der Waals surface area contributed by atoms with E-state index in [1.54, 1.807) is 11.8 Å². The second kappa shape index (κ2) is 6.89. The molecule has 0 atom stereocenters. The Bertz CT molecular complexity index is 1040. The smallest absolute Gasteiger partial charge is 0.339 e. The first-order chi connectivity index (χ1) is 12.2. The molecule has 0 N–H and O–H groups in total. The molecule has 0 spiro atoms. The van der Waals surface area contributed by atoms with Gasteiger partial charge in [-0.25, -0.2) is 17.6 Å².